The van der Waals surface area contributed by atoms with Gasteiger partial charge in [-0.1, -0.05) is 29.3 Å². The van der Waals surface area contributed by atoms with E-state index in [4.69, 9.17) is 23.2 Å². The summed E-state index contributed by atoms with van der Waals surface area (Å²) in [7, 11) is 0. The molecule has 0 saturated heterocycles. The van der Waals surface area contributed by atoms with Crippen LogP contribution in [0.5, 0.6) is 0 Å². The van der Waals surface area contributed by atoms with Crippen molar-refractivity contribution in [3.05, 3.63) is 33.8 Å². The lowest BCUT2D eigenvalue weighted by Gasteiger charge is -2.12. The van der Waals surface area contributed by atoms with Crippen LogP contribution in [0.3, 0.4) is 0 Å². The first-order valence-corrected chi connectivity index (χ1v) is 6.09. The van der Waals surface area contributed by atoms with E-state index in [0.717, 1.165) is 12.5 Å². The highest BCUT2D eigenvalue weighted by Gasteiger charge is 2.27. The summed E-state index contributed by atoms with van der Waals surface area (Å²) in [6.07, 6.45) is 2.74. The number of hydrogen-bond donors (Lipinski definition) is 1. The van der Waals surface area contributed by atoms with Gasteiger partial charge in [0.05, 0.1) is 10.0 Å². The van der Waals surface area contributed by atoms with Gasteiger partial charge in [-0.15, -0.1) is 0 Å². The number of rotatable bonds is 4. The predicted molar refractivity (Wildman–Crippen MR) is 65.5 cm³/mol. The summed E-state index contributed by atoms with van der Waals surface area (Å²) in [5.74, 6) is 0.882. The van der Waals surface area contributed by atoms with E-state index in [9.17, 15) is 0 Å². The molecule has 1 saturated carbocycles. The molecule has 1 N–H and O–H groups in total. The van der Waals surface area contributed by atoms with Crippen molar-refractivity contribution in [1.29, 1.82) is 0 Å². The van der Waals surface area contributed by atoms with Gasteiger partial charge in [0, 0.05) is 12.6 Å². The third-order valence-corrected chi connectivity index (χ3v) is 3.68. The highest BCUT2D eigenvalue weighted by Crippen LogP contribution is 2.32. The second-order valence-electron chi connectivity index (χ2n) is 4.26. The molecule has 1 aliphatic carbocycles. The molecule has 1 aliphatic rings. The molecule has 0 aliphatic heterocycles. The second kappa shape index (κ2) is 4.73. The molecule has 0 bridgehead atoms. The molecule has 0 amide bonds. The molecule has 1 atom stereocenters. The van der Waals surface area contributed by atoms with E-state index in [2.05, 4.69) is 12.2 Å². The molecule has 1 aromatic carbocycles. The first-order valence-electron chi connectivity index (χ1n) is 5.34. The van der Waals surface area contributed by atoms with E-state index >= 15 is 0 Å². The molecule has 82 valence electrons. The van der Waals surface area contributed by atoms with Gasteiger partial charge in [0.25, 0.3) is 0 Å². The zero-order chi connectivity index (χ0) is 10.8. The van der Waals surface area contributed by atoms with E-state index in [1.165, 1.54) is 18.4 Å². The summed E-state index contributed by atoms with van der Waals surface area (Å²) in [6, 6.07) is 6.40. The van der Waals surface area contributed by atoms with Crippen LogP contribution in [-0.4, -0.2) is 6.04 Å². The van der Waals surface area contributed by atoms with Gasteiger partial charge in [0.2, 0.25) is 0 Å². The van der Waals surface area contributed by atoms with Crippen molar-refractivity contribution in [3.63, 3.8) is 0 Å². The average molecular weight is 244 g/mol. The lowest BCUT2D eigenvalue weighted by atomic mass is 10.2. The van der Waals surface area contributed by atoms with Crippen molar-refractivity contribution < 1.29 is 0 Å². The first-order chi connectivity index (χ1) is 7.16. The molecule has 15 heavy (non-hydrogen) atoms. The van der Waals surface area contributed by atoms with Crippen molar-refractivity contribution in [2.24, 2.45) is 5.92 Å². The van der Waals surface area contributed by atoms with Crippen molar-refractivity contribution >= 4 is 23.2 Å². The fourth-order valence-electron chi connectivity index (χ4n) is 1.69. The summed E-state index contributed by atoms with van der Waals surface area (Å²) in [4.78, 5) is 0. The van der Waals surface area contributed by atoms with Gasteiger partial charge in [-0.2, -0.15) is 0 Å². The minimum atomic E-state index is 0.611. The summed E-state index contributed by atoms with van der Waals surface area (Å²) in [6.45, 7) is 3.11. The number of hydrogen-bond acceptors (Lipinski definition) is 1. The third-order valence-electron chi connectivity index (χ3n) is 2.94. The molecule has 0 spiro atoms. The van der Waals surface area contributed by atoms with E-state index in [0.29, 0.717) is 16.1 Å². The summed E-state index contributed by atoms with van der Waals surface area (Å²) < 4.78 is 0. The summed E-state index contributed by atoms with van der Waals surface area (Å²) >= 11 is 11.8. The standard InChI is InChI=1S/C12H15Cl2N/c1-8(10-3-4-10)15-7-9-2-5-11(13)12(14)6-9/h2,5-6,8,10,15H,3-4,7H2,1H3. The molecule has 2 rings (SSSR count). The Labute approximate surface area is 101 Å². The Balaban J connectivity index is 1.89. The molecule has 1 fully saturated rings. The maximum absolute atomic E-state index is 5.94. The lowest BCUT2D eigenvalue weighted by Crippen LogP contribution is -2.27. The van der Waals surface area contributed by atoms with Crippen LogP contribution in [0.2, 0.25) is 10.0 Å². The zero-order valence-electron chi connectivity index (χ0n) is 8.76. The Morgan fingerprint density at radius 1 is 1.33 bits per heavy atom. The van der Waals surface area contributed by atoms with Crippen LogP contribution in [0.4, 0.5) is 0 Å². The quantitative estimate of drug-likeness (QED) is 0.847. The maximum Gasteiger partial charge on any atom is 0.0595 e. The molecule has 0 aromatic heterocycles. The molecular weight excluding hydrogens is 229 g/mol. The molecule has 1 unspecified atom stereocenters. The highest BCUT2D eigenvalue weighted by molar-refractivity contribution is 6.42. The normalized spacial score (nSPS) is 17.8. The van der Waals surface area contributed by atoms with Gasteiger partial charge in [-0.3, -0.25) is 0 Å². The van der Waals surface area contributed by atoms with Gasteiger partial charge in [-0.25, -0.2) is 0 Å². The summed E-state index contributed by atoms with van der Waals surface area (Å²) in [5, 5.41) is 4.76. The molecular formula is C12H15Cl2N. The van der Waals surface area contributed by atoms with Gasteiger partial charge < -0.3 is 5.32 Å². The Kier molecular flexibility index (Phi) is 3.55. The monoisotopic (exact) mass is 243 g/mol. The van der Waals surface area contributed by atoms with Crippen LogP contribution in [0.25, 0.3) is 0 Å². The van der Waals surface area contributed by atoms with Crippen LogP contribution in [0.1, 0.15) is 25.3 Å². The van der Waals surface area contributed by atoms with Crippen molar-refractivity contribution in [1.82, 2.24) is 5.32 Å². The predicted octanol–water partition coefficient (Wildman–Crippen LogP) is 3.88. The van der Waals surface area contributed by atoms with Gasteiger partial charge in [0.1, 0.15) is 0 Å². The van der Waals surface area contributed by atoms with E-state index in [-0.39, 0.29) is 0 Å². The summed E-state index contributed by atoms with van der Waals surface area (Å²) in [5.41, 5.74) is 1.19. The van der Waals surface area contributed by atoms with Gasteiger partial charge >= 0.3 is 0 Å². The number of halogens is 2. The van der Waals surface area contributed by atoms with Crippen molar-refractivity contribution in [2.75, 3.05) is 0 Å². The lowest BCUT2D eigenvalue weighted by molar-refractivity contribution is 0.496. The Hall–Kier alpha value is -0.240. The van der Waals surface area contributed by atoms with Crippen LogP contribution in [0, 0.1) is 5.92 Å². The van der Waals surface area contributed by atoms with Crippen LogP contribution in [0.15, 0.2) is 18.2 Å². The van der Waals surface area contributed by atoms with E-state index in [1.807, 2.05) is 18.2 Å². The Morgan fingerprint density at radius 2 is 2.07 bits per heavy atom. The average Bonchev–Trinajstić information content (AvgIpc) is 3.03. The molecule has 3 heteroatoms. The van der Waals surface area contributed by atoms with Crippen molar-refractivity contribution in [2.45, 2.75) is 32.4 Å². The Bertz CT molecular complexity index is 347. The topological polar surface area (TPSA) is 12.0 Å². The molecule has 1 aromatic rings. The van der Waals surface area contributed by atoms with E-state index in [1.54, 1.807) is 0 Å². The Morgan fingerprint density at radius 3 is 2.67 bits per heavy atom. The molecule has 1 nitrogen and oxygen atoms in total. The second-order valence-corrected chi connectivity index (χ2v) is 5.07. The van der Waals surface area contributed by atoms with Gasteiger partial charge in [-0.05, 0) is 43.4 Å². The SMILES string of the molecule is CC(NCc1ccc(Cl)c(Cl)c1)C1CC1. The molecule has 0 heterocycles. The minimum absolute atomic E-state index is 0.611. The number of benzene rings is 1. The zero-order valence-corrected chi connectivity index (χ0v) is 10.3. The highest BCUT2D eigenvalue weighted by atomic mass is 35.5. The fourth-order valence-corrected chi connectivity index (χ4v) is 2.01. The fraction of sp³-hybridized carbons (Fsp3) is 0.500. The smallest absolute Gasteiger partial charge is 0.0595 e. The third kappa shape index (κ3) is 3.10. The number of nitrogens with one attached hydrogen (secondary N) is 1. The van der Waals surface area contributed by atoms with Gasteiger partial charge in [0.15, 0.2) is 0 Å². The maximum atomic E-state index is 5.94. The van der Waals surface area contributed by atoms with Crippen LogP contribution < -0.4 is 5.32 Å². The minimum Gasteiger partial charge on any atom is -0.310 e. The first kappa shape index (κ1) is 11.3. The van der Waals surface area contributed by atoms with Crippen LogP contribution in [-0.2, 0) is 6.54 Å². The molecule has 0 radical (unpaired) electrons. The van der Waals surface area contributed by atoms with E-state index < -0.39 is 0 Å². The van der Waals surface area contributed by atoms with Crippen molar-refractivity contribution in [3.8, 4) is 0 Å². The van der Waals surface area contributed by atoms with Crippen LogP contribution >= 0.6 is 23.2 Å². The largest absolute Gasteiger partial charge is 0.310 e.